The quantitative estimate of drug-likeness (QED) is 0.885. The SMILES string of the molecule is O=C(Nc1ccc(F)nc1F)N1CCC1Cc1ccccc1. The van der Waals surface area contributed by atoms with Gasteiger partial charge in [0, 0.05) is 12.6 Å². The number of rotatable bonds is 3. The lowest BCUT2D eigenvalue weighted by molar-refractivity contribution is 0.125. The second-order valence-electron chi connectivity index (χ2n) is 5.23. The predicted molar refractivity (Wildman–Crippen MR) is 78.4 cm³/mol. The molecule has 1 aromatic heterocycles. The van der Waals surface area contributed by atoms with Crippen LogP contribution in [0.15, 0.2) is 42.5 Å². The van der Waals surface area contributed by atoms with E-state index >= 15 is 0 Å². The molecule has 0 saturated carbocycles. The summed E-state index contributed by atoms with van der Waals surface area (Å²) in [7, 11) is 0. The van der Waals surface area contributed by atoms with Crippen molar-refractivity contribution in [3.63, 3.8) is 0 Å². The summed E-state index contributed by atoms with van der Waals surface area (Å²) in [6, 6.07) is 11.8. The molecule has 0 radical (unpaired) electrons. The van der Waals surface area contributed by atoms with Gasteiger partial charge in [-0.3, -0.25) is 0 Å². The number of carbonyl (C=O) groups is 1. The standard InChI is InChI=1S/C16H15F2N3O/c17-14-7-6-13(15(18)20-14)19-16(22)21-9-8-12(21)10-11-4-2-1-3-5-11/h1-7,12H,8-10H2,(H,19,22). The number of likely N-dealkylation sites (tertiary alicyclic amines) is 1. The Hall–Kier alpha value is -2.50. The summed E-state index contributed by atoms with van der Waals surface area (Å²) in [5.74, 6) is -1.94. The van der Waals surface area contributed by atoms with Crippen LogP contribution in [0.3, 0.4) is 0 Å². The van der Waals surface area contributed by atoms with E-state index in [1.54, 1.807) is 4.90 Å². The topological polar surface area (TPSA) is 45.2 Å². The third kappa shape index (κ3) is 3.05. The number of nitrogens with zero attached hydrogens (tertiary/aromatic N) is 2. The van der Waals surface area contributed by atoms with E-state index in [1.165, 1.54) is 6.07 Å². The highest BCUT2D eigenvalue weighted by molar-refractivity contribution is 5.90. The second-order valence-corrected chi connectivity index (χ2v) is 5.23. The Labute approximate surface area is 126 Å². The number of pyridine rings is 1. The van der Waals surface area contributed by atoms with Gasteiger partial charge in [0.1, 0.15) is 0 Å². The summed E-state index contributed by atoms with van der Waals surface area (Å²) in [4.78, 5) is 16.9. The molecule has 22 heavy (non-hydrogen) atoms. The van der Waals surface area contributed by atoms with E-state index in [-0.39, 0.29) is 17.8 Å². The zero-order valence-electron chi connectivity index (χ0n) is 11.8. The number of anilines is 1. The van der Waals surface area contributed by atoms with Gasteiger partial charge in [-0.15, -0.1) is 0 Å². The van der Waals surface area contributed by atoms with Gasteiger partial charge in [-0.25, -0.2) is 4.79 Å². The fourth-order valence-corrected chi connectivity index (χ4v) is 2.50. The molecular weight excluding hydrogens is 288 g/mol. The first-order valence-electron chi connectivity index (χ1n) is 7.07. The predicted octanol–water partition coefficient (Wildman–Crippen LogP) is 3.21. The van der Waals surface area contributed by atoms with Crippen LogP contribution in [0.1, 0.15) is 12.0 Å². The van der Waals surface area contributed by atoms with Crippen LogP contribution in [0.5, 0.6) is 0 Å². The van der Waals surface area contributed by atoms with Crippen molar-refractivity contribution in [3.8, 4) is 0 Å². The van der Waals surface area contributed by atoms with Crippen LogP contribution in [0.4, 0.5) is 19.3 Å². The lowest BCUT2D eigenvalue weighted by Gasteiger charge is -2.41. The van der Waals surface area contributed by atoms with Crippen LogP contribution in [-0.2, 0) is 6.42 Å². The molecular formula is C16H15F2N3O. The third-order valence-corrected chi connectivity index (χ3v) is 3.78. The Morgan fingerprint density at radius 3 is 2.64 bits per heavy atom. The molecule has 1 aliphatic heterocycles. The monoisotopic (exact) mass is 303 g/mol. The molecule has 3 rings (SSSR count). The summed E-state index contributed by atoms with van der Waals surface area (Å²) in [5.41, 5.74) is 1.04. The van der Waals surface area contributed by atoms with Crippen LogP contribution in [0.25, 0.3) is 0 Å². The Balaban J connectivity index is 1.63. The number of carbonyl (C=O) groups excluding carboxylic acids is 1. The zero-order valence-corrected chi connectivity index (χ0v) is 11.8. The molecule has 1 aromatic carbocycles. The van der Waals surface area contributed by atoms with E-state index in [9.17, 15) is 13.6 Å². The minimum atomic E-state index is -1.02. The Kier molecular flexibility index (Phi) is 4.00. The highest BCUT2D eigenvalue weighted by Crippen LogP contribution is 2.23. The maximum atomic E-state index is 13.5. The number of aromatic nitrogens is 1. The number of hydrogen-bond acceptors (Lipinski definition) is 2. The van der Waals surface area contributed by atoms with Gasteiger partial charge in [0.15, 0.2) is 0 Å². The molecule has 1 atom stereocenters. The molecule has 1 fully saturated rings. The maximum Gasteiger partial charge on any atom is 0.322 e. The van der Waals surface area contributed by atoms with Crippen molar-refractivity contribution in [2.45, 2.75) is 18.9 Å². The van der Waals surface area contributed by atoms with E-state index in [2.05, 4.69) is 10.3 Å². The molecule has 1 N–H and O–H groups in total. The molecule has 4 nitrogen and oxygen atoms in total. The first kappa shape index (κ1) is 14.4. The number of benzene rings is 1. The molecule has 1 unspecified atom stereocenters. The molecule has 0 aliphatic carbocycles. The molecule has 2 heterocycles. The van der Waals surface area contributed by atoms with E-state index in [4.69, 9.17) is 0 Å². The van der Waals surface area contributed by atoms with Crippen molar-refractivity contribution in [3.05, 3.63) is 59.9 Å². The molecule has 6 heteroatoms. The normalized spacial score (nSPS) is 17.0. The van der Waals surface area contributed by atoms with Crippen molar-refractivity contribution in [1.29, 1.82) is 0 Å². The van der Waals surface area contributed by atoms with Crippen LogP contribution in [-0.4, -0.2) is 28.5 Å². The Morgan fingerprint density at radius 2 is 2.00 bits per heavy atom. The minimum absolute atomic E-state index is 0.0962. The van der Waals surface area contributed by atoms with Crippen LogP contribution in [0, 0.1) is 11.9 Å². The van der Waals surface area contributed by atoms with Gasteiger partial charge < -0.3 is 10.2 Å². The van der Waals surface area contributed by atoms with Gasteiger partial charge in [0.25, 0.3) is 0 Å². The zero-order chi connectivity index (χ0) is 15.5. The average Bonchev–Trinajstić information content (AvgIpc) is 2.48. The van der Waals surface area contributed by atoms with E-state index in [1.807, 2.05) is 30.3 Å². The van der Waals surface area contributed by atoms with E-state index in [0.717, 1.165) is 24.5 Å². The first-order valence-corrected chi connectivity index (χ1v) is 7.07. The minimum Gasteiger partial charge on any atom is -0.321 e. The van der Waals surface area contributed by atoms with Crippen molar-refractivity contribution in [2.24, 2.45) is 0 Å². The number of hydrogen-bond donors (Lipinski definition) is 1. The van der Waals surface area contributed by atoms with Gasteiger partial charge in [-0.1, -0.05) is 30.3 Å². The third-order valence-electron chi connectivity index (χ3n) is 3.78. The second kappa shape index (κ2) is 6.09. The summed E-state index contributed by atoms with van der Waals surface area (Å²) < 4.78 is 26.2. The summed E-state index contributed by atoms with van der Waals surface area (Å²) in [5, 5.41) is 2.44. The highest BCUT2D eigenvalue weighted by Gasteiger charge is 2.32. The summed E-state index contributed by atoms with van der Waals surface area (Å²) in [6.07, 6.45) is 1.67. The lowest BCUT2D eigenvalue weighted by Crippen LogP contribution is -2.53. The number of amides is 2. The Bertz CT molecular complexity index is 678. The smallest absolute Gasteiger partial charge is 0.321 e. The molecule has 2 aromatic rings. The molecule has 1 saturated heterocycles. The summed E-state index contributed by atoms with van der Waals surface area (Å²) >= 11 is 0. The van der Waals surface area contributed by atoms with Gasteiger partial charge in [-0.2, -0.15) is 13.8 Å². The molecule has 0 bridgehead atoms. The largest absolute Gasteiger partial charge is 0.322 e. The van der Waals surface area contributed by atoms with Crippen LogP contribution in [0.2, 0.25) is 0 Å². The van der Waals surface area contributed by atoms with Crippen molar-refractivity contribution in [2.75, 3.05) is 11.9 Å². The summed E-state index contributed by atoms with van der Waals surface area (Å²) in [6.45, 7) is 0.625. The van der Waals surface area contributed by atoms with Crippen molar-refractivity contribution in [1.82, 2.24) is 9.88 Å². The first-order chi connectivity index (χ1) is 10.6. The van der Waals surface area contributed by atoms with Crippen LogP contribution >= 0.6 is 0 Å². The van der Waals surface area contributed by atoms with E-state index < -0.39 is 11.9 Å². The van der Waals surface area contributed by atoms with Gasteiger partial charge in [0.05, 0.1) is 5.69 Å². The molecule has 1 aliphatic rings. The van der Waals surface area contributed by atoms with Crippen LogP contribution < -0.4 is 5.32 Å². The number of halogens is 2. The molecule has 0 spiro atoms. The van der Waals surface area contributed by atoms with Gasteiger partial charge >= 0.3 is 6.03 Å². The van der Waals surface area contributed by atoms with Crippen molar-refractivity contribution < 1.29 is 13.6 Å². The van der Waals surface area contributed by atoms with Crippen molar-refractivity contribution >= 4 is 11.7 Å². The fraction of sp³-hybridized carbons (Fsp3) is 0.250. The van der Waals surface area contributed by atoms with Gasteiger partial charge in [-0.05, 0) is 30.5 Å². The average molecular weight is 303 g/mol. The lowest BCUT2D eigenvalue weighted by atomic mass is 9.96. The van der Waals surface area contributed by atoms with E-state index in [0.29, 0.717) is 6.54 Å². The maximum absolute atomic E-state index is 13.5. The Morgan fingerprint density at radius 1 is 1.23 bits per heavy atom. The molecule has 114 valence electrons. The highest BCUT2D eigenvalue weighted by atomic mass is 19.1. The van der Waals surface area contributed by atoms with Gasteiger partial charge in [0.2, 0.25) is 11.9 Å². The number of nitrogens with one attached hydrogen (secondary N) is 1. The fourth-order valence-electron chi connectivity index (χ4n) is 2.50. The number of urea groups is 1. The molecule has 2 amide bonds.